The van der Waals surface area contributed by atoms with E-state index in [9.17, 15) is 0 Å². The quantitative estimate of drug-likeness (QED) is 0.896. The molecule has 20 heavy (non-hydrogen) atoms. The molecular formula is C15H16BrNO2S. The maximum atomic E-state index is 5.64. The molecule has 3 nitrogen and oxygen atoms in total. The van der Waals surface area contributed by atoms with Crippen molar-refractivity contribution < 1.29 is 9.47 Å². The zero-order chi connectivity index (χ0) is 13.9. The van der Waals surface area contributed by atoms with Crippen LogP contribution in [0.5, 0.6) is 11.5 Å². The van der Waals surface area contributed by atoms with Crippen LogP contribution in [0.4, 0.5) is 0 Å². The van der Waals surface area contributed by atoms with Crippen LogP contribution in [-0.2, 0) is 6.54 Å². The second-order valence-electron chi connectivity index (χ2n) is 4.72. The van der Waals surface area contributed by atoms with E-state index >= 15 is 0 Å². The molecule has 1 aliphatic heterocycles. The molecule has 1 atom stereocenters. The highest BCUT2D eigenvalue weighted by Gasteiger charge is 2.16. The van der Waals surface area contributed by atoms with Gasteiger partial charge in [-0.1, -0.05) is 6.07 Å². The van der Waals surface area contributed by atoms with Gasteiger partial charge in [-0.3, -0.25) is 0 Å². The normalized spacial score (nSPS) is 15.1. The van der Waals surface area contributed by atoms with Crippen molar-refractivity contribution in [2.45, 2.75) is 19.5 Å². The third-order valence-electron chi connectivity index (χ3n) is 3.24. The summed E-state index contributed by atoms with van der Waals surface area (Å²) in [5.41, 5.74) is 1.18. The number of halogens is 1. The molecule has 0 amide bonds. The van der Waals surface area contributed by atoms with E-state index in [1.165, 1.54) is 10.4 Å². The summed E-state index contributed by atoms with van der Waals surface area (Å²) >= 11 is 5.32. The highest BCUT2D eigenvalue weighted by molar-refractivity contribution is 9.10. The van der Waals surface area contributed by atoms with Gasteiger partial charge in [0.2, 0.25) is 0 Å². The van der Waals surface area contributed by atoms with Gasteiger partial charge in [0.25, 0.3) is 0 Å². The van der Waals surface area contributed by atoms with Gasteiger partial charge in [0.1, 0.15) is 13.2 Å². The Balaban J connectivity index is 1.70. The molecule has 1 aliphatic rings. The fourth-order valence-electron chi connectivity index (χ4n) is 2.18. The van der Waals surface area contributed by atoms with Gasteiger partial charge >= 0.3 is 0 Å². The molecule has 0 spiro atoms. The van der Waals surface area contributed by atoms with Crippen molar-refractivity contribution in [3.8, 4) is 11.5 Å². The molecule has 1 unspecified atom stereocenters. The topological polar surface area (TPSA) is 30.5 Å². The van der Waals surface area contributed by atoms with Crippen molar-refractivity contribution in [3.05, 3.63) is 44.6 Å². The summed E-state index contributed by atoms with van der Waals surface area (Å²) in [5.74, 6) is 1.64. The maximum Gasteiger partial charge on any atom is 0.175 e. The van der Waals surface area contributed by atoms with Gasteiger partial charge in [-0.25, -0.2) is 0 Å². The summed E-state index contributed by atoms with van der Waals surface area (Å²) in [6.45, 7) is 4.20. The van der Waals surface area contributed by atoms with E-state index in [-0.39, 0.29) is 0 Å². The van der Waals surface area contributed by atoms with Gasteiger partial charge in [0, 0.05) is 17.5 Å². The molecule has 106 valence electrons. The van der Waals surface area contributed by atoms with Gasteiger partial charge in [0.15, 0.2) is 11.5 Å². The molecule has 0 aliphatic carbocycles. The molecule has 0 saturated heterocycles. The van der Waals surface area contributed by atoms with Crippen LogP contribution in [0.25, 0.3) is 0 Å². The van der Waals surface area contributed by atoms with Crippen molar-refractivity contribution in [2.75, 3.05) is 13.2 Å². The Morgan fingerprint density at radius 2 is 2.20 bits per heavy atom. The fourth-order valence-corrected chi connectivity index (χ4v) is 3.54. The number of rotatable bonds is 4. The molecule has 3 rings (SSSR count). The highest BCUT2D eigenvalue weighted by Crippen LogP contribution is 2.38. The van der Waals surface area contributed by atoms with E-state index < -0.39 is 0 Å². The monoisotopic (exact) mass is 353 g/mol. The van der Waals surface area contributed by atoms with Crippen LogP contribution >= 0.6 is 27.3 Å². The van der Waals surface area contributed by atoms with Crippen molar-refractivity contribution in [1.82, 2.24) is 5.32 Å². The van der Waals surface area contributed by atoms with Crippen LogP contribution in [0.15, 0.2) is 34.1 Å². The average Bonchev–Trinajstić information content (AvgIpc) is 2.99. The first-order chi connectivity index (χ1) is 9.74. The van der Waals surface area contributed by atoms with Crippen LogP contribution in [0.3, 0.4) is 0 Å². The third-order valence-corrected chi connectivity index (χ3v) is 4.88. The van der Waals surface area contributed by atoms with Crippen LogP contribution < -0.4 is 14.8 Å². The Kier molecular flexibility index (Phi) is 4.29. The SMILES string of the molecule is CC(NCc1cc(Br)c2c(c1)OCCO2)c1cccs1. The number of hydrogen-bond donors (Lipinski definition) is 1. The molecule has 1 N–H and O–H groups in total. The first kappa shape index (κ1) is 13.9. The maximum absolute atomic E-state index is 5.64. The molecule has 1 aromatic carbocycles. The first-order valence-corrected chi connectivity index (χ1v) is 8.26. The minimum atomic E-state index is 0.349. The van der Waals surface area contributed by atoms with E-state index in [0.717, 1.165) is 22.5 Å². The van der Waals surface area contributed by atoms with Crippen LogP contribution in [0.2, 0.25) is 0 Å². The van der Waals surface area contributed by atoms with Gasteiger partial charge < -0.3 is 14.8 Å². The fraction of sp³-hybridized carbons (Fsp3) is 0.333. The lowest BCUT2D eigenvalue weighted by molar-refractivity contribution is 0.170. The lowest BCUT2D eigenvalue weighted by Crippen LogP contribution is -2.19. The predicted molar refractivity (Wildman–Crippen MR) is 84.7 cm³/mol. The number of fused-ring (bicyclic) bond motifs is 1. The van der Waals surface area contributed by atoms with E-state index in [1.54, 1.807) is 11.3 Å². The molecule has 1 aromatic heterocycles. The molecule has 2 aromatic rings. The lowest BCUT2D eigenvalue weighted by Gasteiger charge is -2.21. The summed E-state index contributed by atoms with van der Waals surface area (Å²) in [4.78, 5) is 1.35. The third kappa shape index (κ3) is 3.00. The molecule has 5 heteroatoms. The lowest BCUT2D eigenvalue weighted by atomic mass is 10.1. The number of nitrogens with one attached hydrogen (secondary N) is 1. The molecule has 0 bridgehead atoms. The van der Waals surface area contributed by atoms with Crippen molar-refractivity contribution in [3.63, 3.8) is 0 Å². The van der Waals surface area contributed by atoms with E-state index in [4.69, 9.17) is 9.47 Å². The molecule has 2 heterocycles. The van der Waals surface area contributed by atoms with Gasteiger partial charge in [-0.05, 0) is 52.0 Å². The zero-order valence-electron chi connectivity index (χ0n) is 11.2. The van der Waals surface area contributed by atoms with Crippen LogP contribution in [-0.4, -0.2) is 13.2 Å². The summed E-state index contributed by atoms with van der Waals surface area (Å²) in [7, 11) is 0. The van der Waals surface area contributed by atoms with E-state index in [1.807, 2.05) is 6.07 Å². The zero-order valence-corrected chi connectivity index (χ0v) is 13.6. The second kappa shape index (κ2) is 6.16. The van der Waals surface area contributed by atoms with Crippen LogP contribution in [0, 0.1) is 0 Å². The number of benzene rings is 1. The molecule has 0 fully saturated rings. The smallest absolute Gasteiger partial charge is 0.175 e. The Labute approximate surface area is 131 Å². The number of thiophene rings is 1. The number of hydrogen-bond acceptors (Lipinski definition) is 4. The summed E-state index contributed by atoms with van der Waals surface area (Å²) < 4.78 is 12.2. The second-order valence-corrected chi connectivity index (χ2v) is 6.55. The minimum absolute atomic E-state index is 0.349. The molecular weight excluding hydrogens is 338 g/mol. The Hall–Kier alpha value is -1.04. The standard InChI is InChI=1S/C15H16BrNO2S/c1-10(14-3-2-6-20-14)17-9-11-7-12(16)15-13(8-11)18-4-5-19-15/h2-3,6-8,10,17H,4-5,9H2,1H3. The average molecular weight is 354 g/mol. The Morgan fingerprint density at radius 3 is 3.00 bits per heavy atom. The molecule has 0 radical (unpaired) electrons. The Bertz CT molecular complexity index is 586. The van der Waals surface area contributed by atoms with Gasteiger partial charge in [-0.15, -0.1) is 11.3 Å². The van der Waals surface area contributed by atoms with Crippen molar-refractivity contribution in [1.29, 1.82) is 0 Å². The van der Waals surface area contributed by atoms with Gasteiger partial charge in [-0.2, -0.15) is 0 Å². The summed E-state index contributed by atoms with van der Waals surface area (Å²) in [6, 6.07) is 8.72. The van der Waals surface area contributed by atoms with Crippen molar-refractivity contribution >= 4 is 27.3 Å². The number of ether oxygens (including phenoxy) is 2. The highest BCUT2D eigenvalue weighted by atomic mass is 79.9. The van der Waals surface area contributed by atoms with E-state index in [2.05, 4.69) is 51.7 Å². The summed E-state index contributed by atoms with van der Waals surface area (Å²) in [5, 5.41) is 5.63. The Morgan fingerprint density at radius 1 is 1.35 bits per heavy atom. The predicted octanol–water partition coefficient (Wildman–Crippen LogP) is 4.13. The summed E-state index contributed by atoms with van der Waals surface area (Å²) in [6.07, 6.45) is 0. The van der Waals surface area contributed by atoms with E-state index in [0.29, 0.717) is 19.3 Å². The first-order valence-electron chi connectivity index (χ1n) is 6.59. The van der Waals surface area contributed by atoms with Crippen molar-refractivity contribution in [2.24, 2.45) is 0 Å². The largest absolute Gasteiger partial charge is 0.486 e. The van der Waals surface area contributed by atoms with Gasteiger partial charge in [0.05, 0.1) is 4.47 Å². The minimum Gasteiger partial charge on any atom is -0.486 e. The molecule has 0 saturated carbocycles. The van der Waals surface area contributed by atoms with Crippen LogP contribution in [0.1, 0.15) is 23.4 Å².